The monoisotopic (exact) mass is 300 g/mol. The molecular weight excluding hydrogens is 292 g/mol. The topological polar surface area (TPSA) is 59.1 Å². The lowest BCUT2D eigenvalue weighted by atomic mass is 10.2. The first-order valence-corrected chi connectivity index (χ1v) is 7.17. The molecule has 6 heteroatoms. The number of hydrogen-bond acceptors (Lipinski definition) is 3. The average Bonchev–Trinajstić information content (AvgIpc) is 2.21. The third-order valence-corrected chi connectivity index (χ3v) is 3.29. The number of sulfonamides is 1. The first-order valence-electron chi connectivity index (χ1n) is 4.48. The fourth-order valence-corrected chi connectivity index (χ4v) is 2.44. The molecule has 0 fully saturated rings. The minimum atomic E-state index is -3.29. The van der Waals surface area contributed by atoms with Gasteiger partial charge in [0.05, 0.1) is 17.5 Å². The van der Waals surface area contributed by atoms with Crippen LogP contribution in [0.3, 0.4) is 0 Å². The average molecular weight is 301 g/mol. The molecule has 0 aliphatic carbocycles. The smallest absolute Gasteiger partial charge is 0.229 e. The van der Waals surface area contributed by atoms with E-state index in [1.54, 1.807) is 24.4 Å². The van der Waals surface area contributed by atoms with Gasteiger partial charge in [0, 0.05) is 16.1 Å². The van der Waals surface area contributed by atoms with Crippen LogP contribution in [0.15, 0.2) is 34.9 Å². The van der Waals surface area contributed by atoms with Crippen molar-refractivity contribution in [3.05, 3.63) is 34.9 Å². The number of anilines is 1. The van der Waals surface area contributed by atoms with Crippen molar-refractivity contribution < 1.29 is 8.42 Å². The molecule has 1 aromatic heterocycles. The van der Waals surface area contributed by atoms with Crippen molar-refractivity contribution in [2.45, 2.75) is 0 Å². The van der Waals surface area contributed by atoms with Gasteiger partial charge in [-0.25, -0.2) is 8.42 Å². The SMILES string of the molecule is CS(=O)(=O)Nc1ccc(Br)c2cccnc12. The zero-order valence-corrected chi connectivity index (χ0v) is 10.8. The van der Waals surface area contributed by atoms with Gasteiger partial charge in [-0.3, -0.25) is 9.71 Å². The third-order valence-electron chi connectivity index (χ3n) is 2.01. The third kappa shape index (κ3) is 2.33. The molecule has 16 heavy (non-hydrogen) atoms. The van der Waals surface area contributed by atoms with E-state index < -0.39 is 10.0 Å². The maximum Gasteiger partial charge on any atom is 0.229 e. The zero-order valence-electron chi connectivity index (χ0n) is 8.44. The van der Waals surface area contributed by atoms with Crippen LogP contribution in [0.2, 0.25) is 0 Å². The van der Waals surface area contributed by atoms with Gasteiger partial charge in [-0.15, -0.1) is 0 Å². The number of nitrogens with zero attached hydrogens (tertiary/aromatic N) is 1. The molecule has 0 bridgehead atoms. The van der Waals surface area contributed by atoms with Crippen LogP contribution in [0, 0.1) is 0 Å². The first kappa shape index (κ1) is 11.3. The number of fused-ring (bicyclic) bond motifs is 1. The summed E-state index contributed by atoms with van der Waals surface area (Å²) in [5, 5.41) is 0.871. The van der Waals surface area contributed by atoms with Crippen LogP contribution < -0.4 is 4.72 Å². The normalized spacial score (nSPS) is 11.6. The van der Waals surface area contributed by atoms with Crippen LogP contribution in [0.4, 0.5) is 5.69 Å². The van der Waals surface area contributed by atoms with Gasteiger partial charge in [0.25, 0.3) is 0 Å². The van der Waals surface area contributed by atoms with Crippen molar-refractivity contribution in [2.24, 2.45) is 0 Å². The Balaban J connectivity index is 2.68. The second-order valence-electron chi connectivity index (χ2n) is 3.37. The van der Waals surface area contributed by atoms with E-state index in [1.165, 1.54) is 0 Å². The lowest BCUT2D eigenvalue weighted by Crippen LogP contribution is -2.10. The van der Waals surface area contributed by atoms with E-state index in [0.717, 1.165) is 16.1 Å². The molecule has 0 saturated carbocycles. The molecule has 0 spiro atoms. The molecule has 1 heterocycles. The van der Waals surface area contributed by atoms with E-state index in [2.05, 4.69) is 25.6 Å². The van der Waals surface area contributed by atoms with Crippen LogP contribution in [-0.2, 0) is 10.0 Å². The number of halogens is 1. The van der Waals surface area contributed by atoms with E-state index in [1.807, 2.05) is 6.07 Å². The maximum atomic E-state index is 11.2. The van der Waals surface area contributed by atoms with Gasteiger partial charge < -0.3 is 0 Å². The van der Waals surface area contributed by atoms with Gasteiger partial charge in [0.2, 0.25) is 10.0 Å². The highest BCUT2D eigenvalue weighted by molar-refractivity contribution is 9.10. The molecule has 0 aliphatic heterocycles. The molecule has 2 aromatic rings. The predicted molar refractivity (Wildman–Crippen MR) is 67.9 cm³/mol. The van der Waals surface area contributed by atoms with E-state index in [4.69, 9.17) is 0 Å². The Bertz CT molecular complexity index is 640. The Morgan fingerprint density at radius 1 is 1.31 bits per heavy atom. The van der Waals surface area contributed by atoms with Crippen molar-refractivity contribution in [3.8, 4) is 0 Å². The van der Waals surface area contributed by atoms with Crippen LogP contribution >= 0.6 is 15.9 Å². The van der Waals surface area contributed by atoms with Crippen LogP contribution in [0.1, 0.15) is 0 Å². The van der Waals surface area contributed by atoms with Gasteiger partial charge in [0.15, 0.2) is 0 Å². The number of benzene rings is 1. The summed E-state index contributed by atoms with van der Waals surface area (Å²) in [7, 11) is -3.29. The highest BCUT2D eigenvalue weighted by atomic mass is 79.9. The standard InChI is InChI=1S/C10H9BrN2O2S/c1-16(14,15)13-9-5-4-8(11)7-3-2-6-12-10(7)9/h2-6,13H,1H3. The molecule has 1 N–H and O–H groups in total. The summed E-state index contributed by atoms with van der Waals surface area (Å²) in [4.78, 5) is 4.17. The fraction of sp³-hybridized carbons (Fsp3) is 0.100. The summed E-state index contributed by atoms with van der Waals surface area (Å²) in [6.45, 7) is 0. The summed E-state index contributed by atoms with van der Waals surface area (Å²) in [5.41, 5.74) is 1.11. The van der Waals surface area contributed by atoms with E-state index in [-0.39, 0.29) is 0 Å². The van der Waals surface area contributed by atoms with Crippen LogP contribution in [0.25, 0.3) is 10.9 Å². The molecule has 0 radical (unpaired) electrons. The molecule has 2 rings (SSSR count). The maximum absolute atomic E-state index is 11.2. The quantitative estimate of drug-likeness (QED) is 0.926. The van der Waals surface area contributed by atoms with Crippen molar-refractivity contribution in [1.29, 1.82) is 0 Å². The minimum Gasteiger partial charge on any atom is -0.282 e. The summed E-state index contributed by atoms with van der Waals surface area (Å²) in [5.74, 6) is 0. The summed E-state index contributed by atoms with van der Waals surface area (Å²) >= 11 is 3.39. The molecule has 0 unspecified atom stereocenters. The molecule has 1 aromatic carbocycles. The fourth-order valence-electron chi connectivity index (χ4n) is 1.42. The number of nitrogens with one attached hydrogen (secondary N) is 1. The van der Waals surface area contributed by atoms with Crippen molar-refractivity contribution in [1.82, 2.24) is 4.98 Å². The largest absolute Gasteiger partial charge is 0.282 e. The second-order valence-corrected chi connectivity index (χ2v) is 5.97. The lowest BCUT2D eigenvalue weighted by Gasteiger charge is -2.08. The van der Waals surface area contributed by atoms with Crippen molar-refractivity contribution in [3.63, 3.8) is 0 Å². The van der Waals surface area contributed by atoms with Crippen LogP contribution in [-0.4, -0.2) is 19.7 Å². The molecular formula is C10H9BrN2O2S. The number of pyridine rings is 1. The molecule has 0 aliphatic rings. The molecule has 4 nitrogen and oxygen atoms in total. The zero-order chi connectivity index (χ0) is 11.8. The molecule has 0 saturated heterocycles. The Morgan fingerprint density at radius 3 is 2.75 bits per heavy atom. The number of aromatic nitrogens is 1. The van der Waals surface area contributed by atoms with Gasteiger partial charge >= 0.3 is 0 Å². The number of hydrogen-bond donors (Lipinski definition) is 1. The van der Waals surface area contributed by atoms with Gasteiger partial charge in [-0.1, -0.05) is 22.0 Å². The molecule has 84 valence electrons. The van der Waals surface area contributed by atoms with Gasteiger partial charge in [0.1, 0.15) is 0 Å². The highest BCUT2D eigenvalue weighted by Crippen LogP contribution is 2.28. The van der Waals surface area contributed by atoms with E-state index in [9.17, 15) is 8.42 Å². The van der Waals surface area contributed by atoms with E-state index in [0.29, 0.717) is 11.2 Å². The lowest BCUT2D eigenvalue weighted by molar-refractivity contribution is 0.607. The second kappa shape index (κ2) is 4.03. The summed E-state index contributed by atoms with van der Waals surface area (Å²) in [6, 6.07) is 7.15. The first-order chi connectivity index (χ1) is 7.47. The van der Waals surface area contributed by atoms with Gasteiger partial charge in [-0.05, 0) is 18.2 Å². The minimum absolute atomic E-state index is 0.487. The summed E-state index contributed by atoms with van der Waals surface area (Å²) < 4.78 is 25.7. The Morgan fingerprint density at radius 2 is 2.06 bits per heavy atom. The van der Waals surface area contributed by atoms with E-state index >= 15 is 0 Å². The Kier molecular flexibility index (Phi) is 2.86. The Labute approximate surface area is 102 Å². The highest BCUT2D eigenvalue weighted by Gasteiger charge is 2.08. The van der Waals surface area contributed by atoms with Crippen LogP contribution in [0.5, 0.6) is 0 Å². The molecule has 0 amide bonds. The number of rotatable bonds is 2. The van der Waals surface area contributed by atoms with Crippen molar-refractivity contribution in [2.75, 3.05) is 11.0 Å². The van der Waals surface area contributed by atoms with Gasteiger partial charge in [-0.2, -0.15) is 0 Å². The van der Waals surface area contributed by atoms with Crippen molar-refractivity contribution >= 4 is 42.5 Å². The predicted octanol–water partition coefficient (Wildman–Crippen LogP) is 2.37. The Hall–Kier alpha value is -1.14. The summed E-state index contributed by atoms with van der Waals surface area (Å²) in [6.07, 6.45) is 2.74. The molecule has 0 atom stereocenters.